The SMILES string of the molecule is CC(=O)[C@]1(O)[C@@](O)(C(C)=O)CS[C@H](Oc2cncc(-c3ccc(F)cc3C)c2)[C@@]1(O)C(C)=O. The summed E-state index contributed by atoms with van der Waals surface area (Å²) in [6.45, 7) is 4.46. The third-order valence-electron chi connectivity index (χ3n) is 6.02. The van der Waals surface area contributed by atoms with Crippen LogP contribution in [0.2, 0.25) is 0 Å². The Kier molecular flexibility index (Phi) is 6.51. The van der Waals surface area contributed by atoms with Crippen LogP contribution in [-0.2, 0) is 14.4 Å². The monoisotopic (exact) mass is 477 g/mol. The first-order chi connectivity index (χ1) is 15.3. The smallest absolute Gasteiger partial charge is 0.208 e. The largest absolute Gasteiger partial charge is 0.474 e. The average Bonchev–Trinajstić information content (AvgIpc) is 2.74. The van der Waals surface area contributed by atoms with E-state index in [4.69, 9.17) is 4.74 Å². The molecule has 0 saturated carbocycles. The number of hydrogen-bond acceptors (Lipinski definition) is 9. The number of pyridine rings is 1. The molecule has 3 N–H and O–H groups in total. The van der Waals surface area contributed by atoms with Crippen LogP contribution in [0.15, 0.2) is 36.7 Å². The van der Waals surface area contributed by atoms with Gasteiger partial charge in [0.15, 0.2) is 34.0 Å². The van der Waals surface area contributed by atoms with Crippen molar-refractivity contribution in [3.05, 3.63) is 48.0 Å². The first-order valence-corrected chi connectivity index (χ1v) is 11.0. The zero-order chi connectivity index (χ0) is 24.8. The quantitative estimate of drug-likeness (QED) is 0.567. The summed E-state index contributed by atoms with van der Waals surface area (Å²) in [4.78, 5) is 41.3. The number of aliphatic hydroxyl groups is 3. The molecule has 2 aromatic rings. The molecule has 0 bridgehead atoms. The van der Waals surface area contributed by atoms with Crippen molar-refractivity contribution in [3.8, 4) is 16.9 Å². The number of halogens is 1. The van der Waals surface area contributed by atoms with Crippen LogP contribution in [0.5, 0.6) is 5.75 Å². The lowest BCUT2D eigenvalue weighted by atomic mass is 9.65. The van der Waals surface area contributed by atoms with Crippen molar-refractivity contribution in [2.75, 3.05) is 5.75 Å². The van der Waals surface area contributed by atoms with Gasteiger partial charge in [-0.05, 0) is 57.0 Å². The third kappa shape index (κ3) is 3.76. The summed E-state index contributed by atoms with van der Waals surface area (Å²) in [6.07, 6.45) is 2.81. The fraction of sp³-hybridized carbons (Fsp3) is 0.391. The van der Waals surface area contributed by atoms with Crippen LogP contribution in [0.1, 0.15) is 26.3 Å². The summed E-state index contributed by atoms with van der Waals surface area (Å²) >= 11 is 0.702. The first-order valence-electron chi connectivity index (χ1n) is 9.99. The number of carbonyl (C=O) groups is 3. The number of benzene rings is 1. The minimum atomic E-state index is -3.15. The normalized spacial score (nSPS) is 29.4. The van der Waals surface area contributed by atoms with E-state index in [1.807, 2.05) is 0 Å². The van der Waals surface area contributed by atoms with Crippen molar-refractivity contribution in [1.82, 2.24) is 4.98 Å². The van der Waals surface area contributed by atoms with Gasteiger partial charge in [0.2, 0.25) is 5.60 Å². The highest BCUT2D eigenvalue weighted by molar-refractivity contribution is 8.00. The second-order valence-electron chi connectivity index (χ2n) is 8.13. The van der Waals surface area contributed by atoms with Gasteiger partial charge >= 0.3 is 0 Å². The fourth-order valence-corrected chi connectivity index (χ4v) is 5.63. The molecule has 1 aromatic heterocycles. The van der Waals surface area contributed by atoms with Gasteiger partial charge in [0.25, 0.3) is 0 Å². The topological polar surface area (TPSA) is 134 Å². The fourth-order valence-electron chi connectivity index (χ4n) is 4.07. The highest BCUT2D eigenvalue weighted by Gasteiger charge is 2.75. The Balaban J connectivity index is 2.06. The Morgan fingerprint density at radius 1 is 1.06 bits per heavy atom. The van der Waals surface area contributed by atoms with E-state index in [2.05, 4.69) is 4.98 Å². The van der Waals surface area contributed by atoms with Gasteiger partial charge in [-0.3, -0.25) is 19.4 Å². The van der Waals surface area contributed by atoms with E-state index in [1.54, 1.807) is 13.0 Å². The lowest BCUT2D eigenvalue weighted by Crippen LogP contribution is -2.82. The van der Waals surface area contributed by atoms with Crippen molar-refractivity contribution >= 4 is 29.1 Å². The maximum absolute atomic E-state index is 13.5. The van der Waals surface area contributed by atoms with Gasteiger partial charge < -0.3 is 20.1 Å². The maximum Gasteiger partial charge on any atom is 0.208 e. The van der Waals surface area contributed by atoms with Crippen LogP contribution in [0, 0.1) is 12.7 Å². The molecule has 1 aliphatic heterocycles. The summed E-state index contributed by atoms with van der Waals surface area (Å²) in [5.41, 5.74) is -8.52. The molecule has 1 aliphatic rings. The Morgan fingerprint density at radius 2 is 1.73 bits per heavy atom. The number of rotatable bonds is 6. The molecule has 1 aromatic carbocycles. The molecule has 33 heavy (non-hydrogen) atoms. The minimum Gasteiger partial charge on any atom is -0.474 e. The Hall–Kier alpha value is -2.66. The number of Topliss-reactive ketones (excluding diaryl/α,β-unsaturated/α-hetero) is 3. The zero-order valence-electron chi connectivity index (χ0n) is 18.5. The number of ether oxygens (including phenoxy) is 1. The second kappa shape index (κ2) is 8.60. The van der Waals surface area contributed by atoms with Gasteiger partial charge in [0.1, 0.15) is 11.6 Å². The minimum absolute atomic E-state index is 0.0765. The van der Waals surface area contributed by atoms with Crippen molar-refractivity contribution in [1.29, 1.82) is 0 Å². The molecule has 2 heterocycles. The van der Waals surface area contributed by atoms with E-state index in [9.17, 15) is 34.1 Å². The molecule has 4 atom stereocenters. The zero-order valence-corrected chi connectivity index (χ0v) is 19.3. The Bertz CT molecular complexity index is 1140. The van der Waals surface area contributed by atoms with E-state index in [0.717, 1.165) is 20.8 Å². The van der Waals surface area contributed by atoms with Crippen LogP contribution in [0.3, 0.4) is 0 Å². The van der Waals surface area contributed by atoms with Crippen LogP contribution in [0.25, 0.3) is 11.1 Å². The standard InChI is InChI=1S/C23H24FNO7S/c1-12-7-17(24)5-6-19(12)16-8-18(10-25-9-16)32-20-22(30,14(3)27)23(31,15(4)28)21(29,11-33-20)13(2)26/h5-10,20,29-31H,11H2,1-4H3/t20-,21-,22-,23-/m0/s1. The van der Waals surface area contributed by atoms with Crippen molar-refractivity contribution < 1.29 is 38.8 Å². The number of hydrogen-bond donors (Lipinski definition) is 3. The highest BCUT2D eigenvalue weighted by Crippen LogP contribution is 2.49. The highest BCUT2D eigenvalue weighted by atomic mass is 32.2. The van der Waals surface area contributed by atoms with Gasteiger partial charge in [0.05, 0.1) is 6.20 Å². The van der Waals surface area contributed by atoms with Gasteiger partial charge in [-0.1, -0.05) is 6.07 Å². The number of ketones is 3. The van der Waals surface area contributed by atoms with E-state index in [0.29, 0.717) is 28.5 Å². The van der Waals surface area contributed by atoms with Crippen LogP contribution >= 0.6 is 11.8 Å². The van der Waals surface area contributed by atoms with Crippen molar-refractivity contribution in [3.63, 3.8) is 0 Å². The number of aryl methyl sites for hydroxylation is 1. The Morgan fingerprint density at radius 3 is 2.27 bits per heavy atom. The van der Waals surface area contributed by atoms with Crippen LogP contribution in [-0.4, -0.2) is 65.6 Å². The van der Waals surface area contributed by atoms with Crippen LogP contribution in [0.4, 0.5) is 4.39 Å². The van der Waals surface area contributed by atoms with E-state index < -0.39 is 51.2 Å². The number of thioether (sulfide) groups is 1. The first kappa shape index (κ1) is 25.0. The van der Waals surface area contributed by atoms with Crippen molar-refractivity contribution in [2.45, 2.75) is 49.9 Å². The summed E-state index contributed by atoms with van der Waals surface area (Å²) in [6, 6.07) is 5.74. The molecule has 176 valence electrons. The van der Waals surface area contributed by atoms with Gasteiger partial charge in [0, 0.05) is 17.5 Å². The Labute approximate surface area is 193 Å². The second-order valence-corrected chi connectivity index (χ2v) is 9.19. The maximum atomic E-state index is 13.5. The molecule has 10 heteroatoms. The molecule has 0 unspecified atom stereocenters. The number of carbonyl (C=O) groups excluding carboxylic acids is 3. The van der Waals surface area contributed by atoms with Crippen molar-refractivity contribution in [2.24, 2.45) is 0 Å². The molecule has 1 saturated heterocycles. The summed E-state index contributed by atoms with van der Waals surface area (Å²) in [7, 11) is 0. The van der Waals surface area contributed by atoms with Gasteiger partial charge in [-0.25, -0.2) is 4.39 Å². The molecular weight excluding hydrogens is 453 g/mol. The van der Waals surface area contributed by atoms with E-state index in [-0.39, 0.29) is 5.75 Å². The summed E-state index contributed by atoms with van der Waals surface area (Å²) in [5, 5.41) is 33.5. The summed E-state index contributed by atoms with van der Waals surface area (Å²) in [5.74, 6) is -4.06. The van der Waals surface area contributed by atoms with Crippen LogP contribution < -0.4 is 4.74 Å². The summed E-state index contributed by atoms with van der Waals surface area (Å²) < 4.78 is 19.3. The average molecular weight is 478 g/mol. The third-order valence-corrected chi connectivity index (χ3v) is 7.34. The molecule has 0 radical (unpaired) electrons. The molecule has 1 fully saturated rings. The molecular formula is C23H24FNO7S. The van der Waals surface area contributed by atoms with Gasteiger partial charge in [-0.2, -0.15) is 0 Å². The molecule has 0 spiro atoms. The number of aromatic nitrogens is 1. The van der Waals surface area contributed by atoms with Gasteiger partial charge in [-0.15, -0.1) is 11.8 Å². The molecule has 8 nitrogen and oxygen atoms in total. The number of nitrogens with zero attached hydrogens (tertiary/aromatic N) is 1. The predicted molar refractivity (Wildman–Crippen MR) is 118 cm³/mol. The molecule has 0 aliphatic carbocycles. The predicted octanol–water partition coefficient (Wildman–Crippen LogP) is 1.61. The lowest BCUT2D eigenvalue weighted by molar-refractivity contribution is -0.236. The van der Waals surface area contributed by atoms with E-state index >= 15 is 0 Å². The molecule has 3 rings (SSSR count). The van der Waals surface area contributed by atoms with E-state index in [1.165, 1.54) is 30.6 Å². The molecule has 0 amide bonds. The lowest BCUT2D eigenvalue weighted by Gasteiger charge is -2.54.